The van der Waals surface area contributed by atoms with Crippen molar-refractivity contribution in [3.05, 3.63) is 18.0 Å². The summed E-state index contributed by atoms with van der Waals surface area (Å²) in [7, 11) is 0. The van der Waals surface area contributed by atoms with Crippen molar-refractivity contribution in [3.63, 3.8) is 0 Å². The molecule has 0 saturated heterocycles. The molecule has 1 aliphatic rings. The summed E-state index contributed by atoms with van der Waals surface area (Å²) in [4.78, 5) is 0. The Bertz CT molecular complexity index is 295. The van der Waals surface area contributed by atoms with Gasteiger partial charge in [-0.2, -0.15) is 5.10 Å². The third kappa shape index (κ3) is 1.01. The van der Waals surface area contributed by atoms with Crippen molar-refractivity contribution in [3.8, 4) is 0 Å². The molecule has 12 heavy (non-hydrogen) atoms. The lowest BCUT2D eigenvalue weighted by Gasteiger charge is -2.03. The van der Waals surface area contributed by atoms with Gasteiger partial charge < -0.3 is 5.73 Å². The van der Waals surface area contributed by atoms with Crippen LogP contribution in [0.1, 0.15) is 18.2 Å². The van der Waals surface area contributed by atoms with E-state index in [4.69, 9.17) is 5.73 Å². The molecular formula is C7H9F2N3. The first-order valence-corrected chi connectivity index (χ1v) is 3.75. The molecule has 1 heterocycles. The second-order valence-corrected chi connectivity index (χ2v) is 2.95. The summed E-state index contributed by atoms with van der Waals surface area (Å²) in [6.07, 6.45) is 1.39. The van der Waals surface area contributed by atoms with Gasteiger partial charge in [0.2, 0.25) is 0 Å². The van der Waals surface area contributed by atoms with Crippen molar-refractivity contribution < 1.29 is 8.78 Å². The van der Waals surface area contributed by atoms with Crippen molar-refractivity contribution in [1.29, 1.82) is 0 Å². The number of nitrogens with zero attached hydrogens (tertiary/aromatic N) is 2. The molecule has 66 valence electrons. The summed E-state index contributed by atoms with van der Waals surface area (Å²) in [5, 5.41) is 3.80. The van der Waals surface area contributed by atoms with Crippen molar-refractivity contribution in [1.82, 2.24) is 9.78 Å². The number of alkyl halides is 2. The van der Waals surface area contributed by atoms with E-state index in [-0.39, 0.29) is 13.0 Å². The second-order valence-electron chi connectivity index (χ2n) is 2.95. The lowest BCUT2D eigenvalue weighted by molar-refractivity contribution is 0.0977. The highest BCUT2D eigenvalue weighted by atomic mass is 19.3. The van der Waals surface area contributed by atoms with E-state index in [2.05, 4.69) is 5.10 Å². The Hall–Kier alpha value is -0.970. The predicted octanol–water partition coefficient (Wildman–Crippen LogP) is 0.922. The molecular weight excluding hydrogens is 164 g/mol. The minimum Gasteiger partial charge on any atom is -0.325 e. The number of halogens is 2. The topological polar surface area (TPSA) is 43.8 Å². The summed E-state index contributed by atoms with van der Waals surface area (Å²) in [5.74, 6) is -2.57. The first-order valence-electron chi connectivity index (χ1n) is 3.75. The number of rotatable bonds is 2. The fourth-order valence-corrected chi connectivity index (χ4v) is 1.25. The van der Waals surface area contributed by atoms with Crippen molar-refractivity contribution in [2.24, 2.45) is 5.73 Å². The van der Waals surface area contributed by atoms with Gasteiger partial charge in [0.25, 0.3) is 5.92 Å². The molecule has 0 aromatic carbocycles. The predicted molar refractivity (Wildman–Crippen MR) is 38.7 cm³/mol. The molecule has 0 spiro atoms. The van der Waals surface area contributed by atoms with Crippen LogP contribution in [0.3, 0.4) is 0 Å². The summed E-state index contributed by atoms with van der Waals surface area (Å²) in [5.41, 5.74) is 6.01. The Labute approximate surface area is 68.2 Å². The summed E-state index contributed by atoms with van der Waals surface area (Å²) in [6, 6.07) is 0.903. The number of aromatic nitrogens is 2. The quantitative estimate of drug-likeness (QED) is 0.722. The van der Waals surface area contributed by atoms with Gasteiger partial charge in [-0.25, -0.2) is 8.78 Å². The van der Waals surface area contributed by atoms with Crippen LogP contribution < -0.4 is 5.73 Å². The van der Waals surface area contributed by atoms with Crippen LogP contribution in [0, 0.1) is 0 Å². The van der Waals surface area contributed by atoms with E-state index >= 15 is 0 Å². The number of hydrogen-bond donors (Lipinski definition) is 1. The fraction of sp³-hybridized carbons (Fsp3) is 0.571. The van der Waals surface area contributed by atoms with Crippen LogP contribution in [0.5, 0.6) is 0 Å². The zero-order chi connectivity index (χ0) is 8.77. The molecule has 2 N–H and O–H groups in total. The number of nitrogens with two attached hydrogens (primary N) is 1. The molecule has 1 fully saturated rings. The van der Waals surface area contributed by atoms with E-state index < -0.39 is 12.0 Å². The molecule has 1 aromatic heterocycles. The zero-order valence-corrected chi connectivity index (χ0v) is 6.37. The molecule has 1 unspecified atom stereocenters. The van der Waals surface area contributed by atoms with Crippen LogP contribution >= 0.6 is 0 Å². The Kier molecular flexibility index (Phi) is 1.44. The first-order chi connectivity index (χ1) is 5.65. The molecule has 0 aliphatic heterocycles. The zero-order valence-electron chi connectivity index (χ0n) is 6.37. The van der Waals surface area contributed by atoms with Crippen LogP contribution in [-0.2, 0) is 6.54 Å². The fourth-order valence-electron chi connectivity index (χ4n) is 1.25. The molecule has 1 aliphatic carbocycles. The molecule has 1 saturated carbocycles. The summed E-state index contributed by atoms with van der Waals surface area (Å²) < 4.78 is 26.5. The largest absolute Gasteiger partial charge is 0.325 e. The molecule has 0 radical (unpaired) electrons. The smallest absolute Gasteiger partial charge is 0.272 e. The Morgan fingerprint density at radius 3 is 2.92 bits per heavy atom. The maximum atomic E-state index is 12.6. The van der Waals surface area contributed by atoms with Gasteiger partial charge in [-0.05, 0) is 6.07 Å². The molecule has 1 atom stereocenters. The lowest BCUT2D eigenvalue weighted by atomic mass is 10.4. The minimum absolute atomic E-state index is 0.109. The van der Waals surface area contributed by atoms with E-state index in [0.29, 0.717) is 5.69 Å². The van der Waals surface area contributed by atoms with Crippen LogP contribution in [0.25, 0.3) is 0 Å². The summed E-state index contributed by atoms with van der Waals surface area (Å²) >= 11 is 0. The van der Waals surface area contributed by atoms with E-state index in [1.165, 1.54) is 10.9 Å². The maximum Gasteiger partial charge on any atom is 0.272 e. The molecule has 1 aromatic rings. The van der Waals surface area contributed by atoms with E-state index in [1.807, 2.05) is 0 Å². The average Bonchev–Trinajstić information content (AvgIpc) is 2.51. The van der Waals surface area contributed by atoms with Gasteiger partial charge in [-0.15, -0.1) is 0 Å². The van der Waals surface area contributed by atoms with Crippen molar-refractivity contribution in [2.45, 2.75) is 24.9 Å². The number of hydrogen-bond acceptors (Lipinski definition) is 2. The third-order valence-corrected chi connectivity index (χ3v) is 2.05. The highest BCUT2D eigenvalue weighted by Crippen LogP contribution is 2.52. The summed E-state index contributed by atoms with van der Waals surface area (Å²) in [6.45, 7) is 0.257. The Balaban J connectivity index is 2.24. The van der Waals surface area contributed by atoms with Gasteiger partial charge in [-0.3, -0.25) is 4.68 Å². The van der Waals surface area contributed by atoms with Gasteiger partial charge in [0.15, 0.2) is 0 Å². The van der Waals surface area contributed by atoms with Gasteiger partial charge in [0.05, 0.1) is 5.69 Å². The van der Waals surface area contributed by atoms with Gasteiger partial charge in [0, 0.05) is 19.2 Å². The van der Waals surface area contributed by atoms with E-state index in [0.717, 1.165) is 0 Å². The molecule has 0 amide bonds. The standard InChI is InChI=1S/C7H9F2N3/c8-7(9)3-6(7)12-5(4-10)1-2-11-12/h1-2,6H,3-4,10H2. The first kappa shape index (κ1) is 7.67. The average molecular weight is 173 g/mol. The maximum absolute atomic E-state index is 12.6. The van der Waals surface area contributed by atoms with Gasteiger partial charge in [-0.1, -0.05) is 0 Å². The monoisotopic (exact) mass is 173 g/mol. The normalized spacial score (nSPS) is 25.8. The molecule has 2 rings (SSSR count). The molecule has 5 heteroatoms. The highest BCUT2D eigenvalue weighted by Gasteiger charge is 2.59. The van der Waals surface area contributed by atoms with E-state index in [1.54, 1.807) is 6.07 Å². The van der Waals surface area contributed by atoms with Gasteiger partial charge >= 0.3 is 0 Å². The van der Waals surface area contributed by atoms with Crippen molar-refractivity contribution >= 4 is 0 Å². The van der Waals surface area contributed by atoms with Crippen LogP contribution in [0.4, 0.5) is 8.78 Å². The van der Waals surface area contributed by atoms with E-state index in [9.17, 15) is 8.78 Å². The highest BCUT2D eigenvalue weighted by molar-refractivity contribution is 5.09. The second kappa shape index (κ2) is 2.26. The minimum atomic E-state index is -2.57. The Morgan fingerprint density at radius 1 is 1.75 bits per heavy atom. The molecule has 0 bridgehead atoms. The van der Waals surface area contributed by atoms with Crippen molar-refractivity contribution in [2.75, 3.05) is 0 Å². The lowest BCUT2D eigenvalue weighted by Crippen LogP contribution is -2.10. The molecule has 3 nitrogen and oxygen atoms in total. The SMILES string of the molecule is NCc1ccnn1C1CC1(F)F. The van der Waals surface area contributed by atoms with Crippen LogP contribution in [0.2, 0.25) is 0 Å². The van der Waals surface area contributed by atoms with Crippen LogP contribution in [0.15, 0.2) is 12.3 Å². The Morgan fingerprint density at radius 2 is 2.42 bits per heavy atom. The third-order valence-electron chi connectivity index (χ3n) is 2.05. The van der Waals surface area contributed by atoms with Crippen LogP contribution in [-0.4, -0.2) is 15.7 Å². The van der Waals surface area contributed by atoms with Gasteiger partial charge in [0.1, 0.15) is 6.04 Å².